The molecule has 3 N–H and O–H groups in total. The van der Waals surface area contributed by atoms with Crippen LogP contribution in [-0.2, 0) is 9.53 Å². The van der Waals surface area contributed by atoms with Gasteiger partial charge >= 0.3 is 0 Å². The summed E-state index contributed by atoms with van der Waals surface area (Å²) in [5.74, 6) is -0.150. The van der Waals surface area contributed by atoms with E-state index in [1.54, 1.807) is 6.07 Å². The van der Waals surface area contributed by atoms with Crippen molar-refractivity contribution < 1.29 is 9.53 Å². The zero-order valence-electron chi connectivity index (χ0n) is 12.2. The maximum absolute atomic E-state index is 11.7. The minimum Gasteiger partial charge on any atom is -0.399 e. The second kappa shape index (κ2) is 6.57. The zero-order valence-corrected chi connectivity index (χ0v) is 12.2. The summed E-state index contributed by atoms with van der Waals surface area (Å²) >= 11 is 0. The van der Waals surface area contributed by atoms with Crippen molar-refractivity contribution in [2.75, 3.05) is 24.3 Å². The fourth-order valence-electron chi connectivity index (χ4n) is 1.50. The highest BCUT2D eigenvalue weighted by Crippen LogP contribution is 2.19. The number of hydrogen-bond acceptors (Lipinski definition) is 3. The number of benzene rings is 1. The van der Waals surface area contributed by atoms with E-state index in [9.17, 15) is 4.79 Å². The first-order valence-electron chi connectivity index (χ1n) is 6.52. The van der Waals surface area contributed by atoms with Crippen LogP contribution in [0.2, 0.25) is 0 Å². The van der Waals surface area contributed by atoms with Gasteiger partial charge in [0.15, 0.2) is 0 Å². The van der Waals surface area contributed by atoms with E-state index in [4.69, 9.17) is 10.5 Å². The lowest BCUT2D eigenvalue weighted by Crippen LogP contribution is -2.20. The SMILES string of the molecule is Cc1ccc(N)cc1NC(=O)COCCC(C)(C)C. The number of hydrogen-bond donors (Lipinski definition) is 2. The van der Waals surface area contributed by atoms with Gasteiger partial charge in [-0.25, -0.2) is 0 Å². The highest BCUT2D eigenvalue weighted by Gasteiger charge is 2.10. The summed E-state index contributed by atoms with van der Waals surface area (Å²) in [4.78, 5) is 11.7. The van der Waals surface area contributed by atoms with Gasteiger partial charge in [-0.05, 0) is 36.5 Å². The van der Waals surface area contributed by atoms with Crippen LogP contribution in [0.4, 0.5) is 11.4 Å². The normalized spacial score (nSPS) is 11.4. The summed E-state index contributed by atoms with van der Waals surface area (Å²) < 4.78 is 5.37. The fourth-order valence-corrected chi connectivity index (χ4v) is 1.50. The predicted molar refractivity (Wildman–Crippen MR) is 79.1 cm³/mol. The molecule has 0 unspecified atom stereocenters. The van der Waals surface area contributed by atoms with Crippen LogP contribution in [0, 0.1) is 12.3 Å². The van der Waals surface area contributed by atoms with Crippen molar-refractivity contribution in [3.05, 3.63) is 23.8 Å². The van der Waals surface area contributed by atoms with Gasteiger partial charge in [-0.3, -0.25) is 4.79 Å². The molecule has 0 aliphatic rings. The van der Waals surface area contributed by atoms with Crippen LogP contribution in [0.5, 0.6) is 0 Å². The molecule has 0 saturated heterocycles. The van der Waals surface area contributed by atoms with Gasteiger partial charge in [0, 0.05) is 18.0 Å². The number of nitrogens with two attached hydrogens (primary N) is 1. The minimum atomic E-state index is -0.150. The summed E-state index contributed by atoms with van der Waals surface area (Å²) in [6.07, 6.45) is 0.928. The molecule has 0 bridgehead atoms. The quantitative estimate of drug-likeness (QED) is 0.635. The van der Waals surface area contributed by atoms with Gasteiger partial charge in [0.1, 0.15) is 6.61 Å². The monoisotopic (exact) mass is 264 g/mol. The molecule has 1 rings (SSSR count). The Labute approximate surface area is 115 Å². The third-order valence-electron chi connectivity index (χ3n) is 2.77. The van der Waals surface area contributed by atoms with Gasteiger partial charge in [-0.15, -0.1) is 0 Å². The Hall–Kier alpha value is -1.55. The van der Waals surface area contributed by atoms with Gasteiger partial charge in [0.05, 0.1) is 0 Å². The summed E-state index contributed by atoms with van der Waals surface area (Å²) in [5.41, 5.74) is 8.27. The van der Waals surface area contributed by atoms with Crippen LogP contribution >= 0.6 is 0 Å². The van der Waals surface area contributed by atoms with Crippen molar-refractivity contribution in [1.82, 2.24) is 0 Å². The Morgan fingerprint density at radius 3 is 2.68 bits per heavy atom. The first kappa shape index (κ1) is 15.5. The molecule has 19 heavy (non-hydrogen) atoms. The standard InChI is InChI=1S/C15H24N2O2/c1-11-5-6-12(16)9-13(11)17-14(18)10-19-8-7-15(2,3)4/h5-6,9H,7-8,10,16H2,1-4H3,(H,17,18). The molecule has 0 heterocycles. The van der Waals surface area contributed by atoms with Gasteiger partial charge in [-0.2, -0.15) is 0 Å². The van der Waals surface area contributed by atoms with Crippen molar-refractivity contribution in [3.63, 3.8) is 0 Å². The first-order chi connectivity index (χ1) is 8.78. The second-order valence-electron chi connectivity index (χ2n) is 5.99. The fraction of sp³-hybridized carbons (Fsp3) is 0.533. The smallest absolute Gasteiger partial charge is 0.250 e. The molecule has 0 aliphatic heterocycles. The Bertz CT molecular complexity index is 436. The lowest BCUT2D eigenvalue weighted by atomic mass is 9.93. The molecular weight excluding hydrogens is 240 g/mol. The Morgan fingerprint density at radius 1 is 1.37 bits per heavy atom. The molecule has 1 amide bonds. The molecule has 0 saturated carbocycles. The minimum absolute atomic E-state index is 0.0737. The van der Waals surface area contributed by atoms with Gasteiger partial charge in [-0.1, -0.05) is 26.8 Å². The largest absolute Gasteiger partial charge is 0.399 e. The number of carbonyl (C=O) groups excluding carboxylic acids is 1. The average Bonchev–Trinajstić information content (AvgIpc) is 2.28. The van der Waals surface area contributed by atoms with E-state index in [-0.39, 0.29) is 17.9 Å². The van der Waals surface area contributed by atoms with Gasteiger partial charge in [0.2, 0.25) is 5.91 Å². The molecule has 0 spiro atoms. The summed E-state index contributed by atoms with van der Waals surface area (Å²) in [7, 11) is 0. The van der Waals surface area contributed by atoms with E-state index in [2.05, 4.69) is 26.1 Å². The number of nitrogen functional groups attached to an aromatic ring is 1. The number of amides is 1. The molecule has 106 valence electrons. The number of ether oxygens (including phenoxy) is 1. The third-order valence-corrected chi connectivity index (χ3v) is 2.77. The van der Waals surface area contributed by atoms with E-state index in [0.717, 1.165) is 17.7 Å². The average molecular weight is 264 g/mol. The number of anilines is 2. The molecule has 0 fully saturated rings. The molecule has 4 heteroatoms. The summed E-state index contributed by atoms with van der Waals surface area (Å²) in [5, 5.41) is 2.80. The van der Waals surface area contributed by atoms with Crippen molar-refractivity contribution in [3.8, 4) is 0 Å². The Balaban J connectivity index is 2.37. The molecule has 0 aliphatic carbocycles. The number of aryl methyl sites for hydroxylation is 1. The number of nitrogens with one attached hydrogen (secondary N) is 1. The molecule has 4 nitrogen and oxygen atoms in total. The highest BCUT2D eigenvalue weighted by molar-refractivity contribution is 5.92. The van der Waals surface area contributed by atoms with E-state index in [1.807, 2.05) is 19.1 Å². The lowest BCUT2D eigenvalue weighted by molar-refractivity contribution is -0.120. The van der Waals surface area contributed by atoms with Crippen molar-refractivity contribution >= 4 is 17.3 Å². The predicted octanol–water partition coefficient (Wildman–Crippen LogP) is 2.97. The number of carbonyl (C=O) groups is 1. The third kappa shape index (κ3) is 6.25. The van der Waals surface area contributed by atoms with Crippen molar-refractivity contribution in [1.29, 1.82) is 0 Å². The summed E-state index contributed by atoms with van der Waals surface area (Å²) in [6.45, 7) is 9.03. The summed E-state index contributed by atoms with van der Waals surface area (Å²) in [6, 6.07) is 5.44. The number of rotatable bonds is 5. The molecular formula is C15H24N2O2. The van der Waals surface area contributed by atoms with Crippen LogP contribution in [0.25, 0.3) is 0 Å². The van der Waals surface area contributed by atoms with E-state index in [0.29, 0.717) is 12.3 Å². The highest BCUT2D eigenvalue weighted by atomic mass is 16.5. The molecule has 1 aromatic rings. The maximum atomic E-state index is 11.7. The first-order valence-corrected chi connectivity index (χ1v) is 6.52. The maximum Gasteiger partial charge on any atom is 0.250 e. The van der Waals surface area contributed by atoms with Crippen molar-refractivity contribution in [2.45, 2.75) is 34.1 Å². The molecule has 1 aromatic carbocycles. The second-order valence-corrected chi connectivity index (χ2v) is 5.99. The van der Waals surface area contributed by atoms with Gasteiger partial charge < -0.3 is 15.8 Å². The van der Waals surface area contributed by atoms with Crippen LogP contribution in [0.3, 0.4) is 0 Å². The van der Waals surface area contributed by atoms with Crippen LogP contribution in [0.15, 0.2) is 18.2 Å². The van der Waals surface area contributed by atoms with Crippen LogP contribution < -0.4 is 11.1 Å². The zero-order chi connectivity index (χ0) is 14.5. The van der Waals surface area contributed by atoms with E-state index >= 15 is 0 Å². The molecule has 0 aromatic heterocycles. The Morgan fingerprint density at radius 2 is 2.05 bits per heavy atom. The topological polar surface area (TPSA) is 64.3 Å². The van der Waals surface area contributed by atoms with Crippen molar-refractivity contribution in [2.24, 2.45) is 5.41 Å². The molecule has 0 radical (unpaired) electrons. The van der Waals surface area contributed by atoms with E-state index < -0.39 is 0 Å². The van der Waals surface area contributed by atoms with E-state index in [1.165, 1.54) is 0 Å². The van der Waals surface area contributed by atoms with Crippen LogP contribution in [-0.4, -0.2) is 19.1 Å². The van der Waals surface area contributed by atoms with Crippen LogP contribution in [0.1, 0.15) is 32.8 Å². The molecule has 0 atom stereocenters. The lowest BCUT2D eigenvalue weighted by Gasteiger charge is -2.17. The Kier molecular flexibility index (Phi) is 5.36. The van der Waals surface area contributed by atoms with Gasteiger partial charge in [0.25, 0.3) is 0 Å².